The number of nitrogens with zero attached hydrogens (tertiary/aromatic N) is 4. The third-order valence-corrected chi connectivity index (χ3v) is 4.94. The number of benzene rings is 2. The smallest absolute Gasteiger partial charge is 0.324 e. The van der Waals surface area contributed by atoms with Gasteiger partial charge in [0.1, 0.15) is 5.75 Å². The summed E-state index contributed by atoms with van der Waals surface area (Å²) >= 11 is 5.92. The first kappa shape index (κ1) is 18.3. The molecule has 0 spiro atoms. The van der Waals surface area contributed by atoms with Crippen LogP contribution >= 0.6 is 11.6 Å². The Hall–Kier alpha value is -3.06. The van der Waals surface area contributed by atoms with Crippen molar-refractivity contribution in [2.75, 3.05) is 38.2 Å². The van der Waals surface area contributed by atoms with Crippen molar-refractivity contribution >= 4 is 23.5 Å². The third kappa shape index (κ3) is 3.66. The second-order valence-corrected chi connectivity index (χ2v) is 6.82. The number of piperazine rings is 1. The first-order valence-corrected chi connectivity index (χ1v) is 9.30. The molecule has 0 N–H and O–H groups in total. The standard InChI is InChI=1S/C20H19ClN4O3/c1-27-17-5-3-2-4-16(17)19(26)24-10-12-25(13-11-24)20-22-18(23-28-20)14-6-8-15(21)9-7-14/h2-9H,10-13H2,1H3. The average molecular weight is 399 g/mol. The summed E-state index contributed by atoms with van der Waals surface area (Å²) < 4.78 is 10.7. The van der Waals surface area contributed by atoms with Crippen molar-refractivity contribution in [3.05, 3.63) is 59.1 Å². The fourth-order valence-corrected chi connectivity index (χ4v) is 3.28. The lowest BCUT2D eigenvalue weighted by Crippen LogP contribution is -2.49. The minimum atomic E-state index is -0.0375. The number of methoxy groups -OCH3 is 1. The van der Waals surface area contributed by atoms with Crippen molar-refractivity contribution in [1.82, 2.24) is 15.0 Å². The predicted octanol–water partition coefficient (Wildman–Crippen LogP) is 3.36. The maximum absolute atomic E-state index is 12.8. The van der Waals surface area contributed by atoms with Crippen LogP contribution in [0.1, 0.15) is 10.4 Å². The molecule has 0 atom stereocenters. The quantitative estimate of drug-likeness (QED) is 0.671. The molecule has 0 unspecified atom stereocenters. The van der Waals surface area contributed by atoms with Crippen LogP contribution in [0.25, 0.3) is 11.4 Å². The van der Waals surface area contributed by atoms with Crippen LogP contribution in [0.3, 0.4) is 0 Å². The topological polar surface area (TPSA) is 71.7 Å². The van der Waals surface area contributed by atoms with Crippen LogP contribution in [0.4, 0.5) is 6.01 Å². The van der Waals surface area contributed by atoms with E-state index in [0.717, 1.165) is 5.56 Å². The number of aromatic nitrogens is 2. The second kappa shape index (κ2) is 7.90. The molecule has 0 bridgehead atoms. The summed E-state index contributed by atoms with van der Waals surface area (Å²) in [6, 6.07) is 15.0. The summed E-state index contributed by atoms with van der Waals surface area (Å²) in [6.07, 6.45) is 0. The van der Waals surface area contributed by atoms with Gasteiger partial charge in [-0.05, 0) is 36.4 Å². The van der Waals surface area contributed by atoms with Gasteiger partial charge in [-0.1, -0.05) is 28.9 Å². The van der Waals surface area contributed by atoms with Gasteiger partial charge in [-0.15, -0.1) is 0 Å². The lowest BCUT2D eigenvalue weighted by atomic mass is 10.1. The van der Waals surface area contributed by atoms with Crippen LogP contribution in [0.2, 0.25) is 5.02 Å². The molecule has 0 saturated carbocycles. The summed E-state index contributed by atoms with van der Waals surface area (Å²) in [5.74, 6) is 1.06. The molecular formula is C20H19ClN4O3. The number of carbonyl (C=O) groups is 1. The number of rotatable bonds is 4. The van der Waals surface area contributed by atoms with E-state index in [-0.39, 0.29) is 5.91 Å². The molecule has 1 aliphatic heterocycles. The van der Waals surface area contributed by atoms with Gasteiger partial charge in [0.15, 0.2) is 0 Å². The lowest BCUT2D eigenvalue weighted by Gasteiger charge is -2.33. The van der Waals surface area contributed by atoms with Crippen LogP contribution in [0, 0.1) is 0 Å². The van der Waals surface area contributed by atoms with E-state index in [1.807, 2.05) is 34.1 Å². The van der Waals surface area contributed by atoms with Crippen LogP contribution in [0.15, 0.2) is 53.1 Å². The molecule has 1 amide bonds. The lowest BCUT2D eigenvalue weighted by molar-refractivity contribution is 0.0741. The summed E-state index contributed by atoms with van der Waals surface area (Å²) in [5, 5.41) is 4.70. The fraction of sp³-hybridized carbons (Fsp3) is 0.250. The minimum Gasteiger partial charge on any atom is -0.496 e. The second-order valence-electron chi connectivity index (χ2n) is 6.39. The van der Waals surface area contributed by atoms with Crippen LogP contribution in [-0.2, 0) is 0 Å². The average Bonchev–Trinajstić information content (AvgIpc) is 3.24. The van der Waals surface area contributed by atoms with Gasteiger partial charge in [-0.3, -0.25) is 4.79 Å². The highest BCUT2D eigenvalue weighted by molar-refractivity contribution is 6.30. The van der Waals surface area contributed by atoms with E-state index >= 15 is 0 Å². The SMILES string of the molecule is COc1ccccc1C(=O)N1CCN(c2nc(-c3ccc(Cl)cc3)no2)CC1. The zero-order valence-electron chi connectivity index (χ0n) is 15.3. The minimum absolute atomic E-state index is 0.0375. The van der Waals surface area contributed by atoms with Gasteiger partial charge in [0.2, 0.25) is 5.82 Å². The molecule has 1 aromatic heterocycles. The van der Waals surface area contributed by atoms with E-state index in [1.165, 1.54) is 0 Å². The van der Waals surface area contributed by atoms with Crippen molar-refractivity contribution in [3.63, 3.8) is 0 Å². The Morgan fingerprint density at radius 1 is 1.07 bits per heavy atom. The molecule has 8 heteroatoms. The first-order valence-electron chi connectivity index (χ1n) is 8.92. The molecule has 7 nitrogen and oxygen atoms in total. The molecule has 28 heavy (non-hydrogen) atoms. The molecule has 3 aromatic rings. The van der Waals surface area contributed by atoms with E-state index in [4.69, 9.17) is 20.9 Å². The number of anilines is 1. The van der Waals surface area contributed by atoms with Gasteiger partial charge < -0.3 is 19.1 Å². The third-order valence-electron chi connectivity index (χ3n) is 4.69. The molecule has 0 radical (unpaired) electrons. The van der Waals surface area contributed by atoms with Crippen LogP contribution in [0.5, 0.6) is 5.75 Å². The van der Waals surface area contributed by atoms with Gasteiger partial charge >= 0.3 is 6.01 Å². The Labute approximate surface area is 167 Å². The van der Waals surface area contributed by atoms with Crippen LogP contribution < -0.4 is 9.64 Å². The number of ether oxygens (including phenoxy) is 1. The summed E-state index contributed by atoms with van der Waals surface area (Å²) in [4.78, 5) is 21.1. The maximum Gasteiger partial charge on any atom is 0.324 e. The molecule has 144 valence electrons. The summed E-state index contributed by atoms with van der Waals surface area (Å²) in [6.45, 7) is 2.36. The predicted molar refractivity (Wildman–Crippen MR) is 106 cm³/mol. The highest BCUT2D eigenvalue weighted by atomic mass is 35.5. The summed E-state index contributed by atoms with van der Waals surface area (Å²) in [7, 11) is 1.57. The van der Waals surface area contributed by atoms with Gasteiger partial charge in [-0.2, -0.15) is 4.98 Å². The molecule has 2 heterocycles. The van der Waals surface area contributed by atoms with E-state index in [9.17, 15) is 4.79 Å². The summed E-state index contributed by atoms with van der Waals surface area (Å²) in [5.41, 5.74) is 1.41. The Morgan fingerprint density at radius 3 is 2.50 bits per heavy atom. The number of halogens is 1. The maximum atomic E-state index is 12.8. The van der Waals surface area contributed by atoms with E-state index in [0.29, 0.717) is 54.4 Å². The number of para-hydroxylation sites is 1. The van der Waals surface area contributed by atoms with Crippen molar-refractivity contribution in [1.29, 1.82) is 0 Å². The van der Waals surface area contributed by atoms with E-state index in [2.05, 4.69) is 10.1 Å². The number of carbonyl (C=O) groups excluding carboxylic acids is 1. The Morgan fingerprint density at radius 2 is 1.79 bits per heavy atom. The molecule has 1 fully saturated rings. The molecule has 1 aliphatic rings. The molecule has 1 saturated heterocycles. The number of hydrogen-bond donors (Lipinski definition) is 0. The van der Waals surface area contributed by atoms with E-state index < -0.39 is 0 Å². The largest absolute Gasteiger partial charge is 0.496 e. The van der Waals surface area contributed by atoms with Crippen LogP contribution in [-0.4, -0.2) is 54.2 Å². The number of hydrogen-bond acceptors (Lipinski definition) is 6. The van der Waals surface area contributed by atoms with Gasteiger partial charge in [-0.25, -0.2) is 0 Å². The highest BCUT2D eigenvalue weighted by Crippen LogP contribution is 2.24. The normalized spacial score (nSPS) is 14.2. The highest BCUT2D eigenvalue weighted by Gasteiger charge is 2.26. The Kier molecular flexibility index (Phi) is 5.16. The van der Waals surface area contributed by atoms with Crippen molar-refractivity contribution in [3.8, 4) is 17.1 Å². The van der Waals surface area contributed by atoms with Gasteiger partial charge in [0.25, 0.3) is 5.91 Å². The van der Waals surface area contributed by atoms with Crippen molar-refractivity contribution < 1.29 is 14.1 Å². The fourth-order valence-electron chi connectivity index (χ4n) is 3.15. The van der Waals surface area contributed by atoms with Gasteiger partial charge in [0.05, 0.1) is 12.7 Å². The zero-order chi connectivity index (χ0) is 19.5. The number of amides is 1. The molecule has 0 aliphatic carbocycles. The molecular weight excluding hydrogens is 380 g/mol. The van der Waals surface area contributed by atoms with Crippen molar-refractivity contribution in [2.24, 2.45) is 0 Å². The first-order chi connectivity index (χ1) is 13.7. The Bertz CT molecular complexity index is 966. The van der Waals surface area contributed by atoms with E-state index in [1.54, 1.807) is 31.4 Å². The van der Waals surface area contributed by atoms with Crippen molar-refractivity contribution in [2.45, 2.75) is 0 Å². The monoisotopic (exact) mass is 398 g/mol. The van der Waals surface area contributed by atoms with Gasteiger partial charge in [0, 0.05) is 36.8 Å². The molecule has 4 rings (SSSR count). The molecule has 2 aromatic carbocycles. The Balaban J connectivity index is 1.42. The zero-order valence-corrected chi connectivity index (χ0v) is 16.1.